The minimum absolute atomic E-state index is 0.119. The van der Waals surface area contributed by atoms with Crippen LogP contribution in [0.4, 0.5) is 0 Å². The van der Waals surface area contributed by atoms with Crippen molar-refractivity contribution in [3.05, 3.63) is 71.6 Å². The lowest BCUT2D eigenvalue weighted by Crippen LogP contribution is -2.08. The zero-order chi connectivity index (χ0) is 15.2. The Balaban J connectivity index is 2.14. The summed E-state index contributed by atoms with van der Waals surface area (Å²) in [5, 5.41) is 0. The van der Waals surface area contributed by atoms with Crippen molar-refractivity contribution in [1.82, 2.24) is 0 Å². The highest BCUT2D eigenvalue weighted by molar-refractivity contribution is 5.37. The second kappa shape index (κ2) is 7.28. The third-order valence-corrected chi connectivity index (χ3v) is 3.59. The first-order valence-corrected chi connectivity index (χ1v) is 7.21. The molecule has 0 fully saturated rings. The van der Waals surface area contributed by atoms with Gasteiger partial charge in [0.2, 0.25) is 0 Å². The molecule has 2 aromatic carbocycles. The summed E-state index contributed by atoms with van der Waals surface area (Å²) in [6, 6.07) is 14.5. The molecule has 0 heterocycles. The van der Waals surface area contributed by atoms with Crippen molar-refractivity contribution in [3.8, 4) is 5.75 Å². The zero-order valence-corrected chi connectivity index (χ0v) is 13.1. The summed E-state index contributed by atoms with van der Waals surface area (Å²) in [5.74, 6) is 1.06. The van der Waals surface area contributed by atoms with E-state index >= 15 is 0 Å². The van der Waals surface area contributed by atoms with Gasteiger partial charge in [-0.05, 0) is 49.1 Å². The Hall–Kier alpha value is -1.80. The Bertz CT molecular complexity index is 590. The molecule has 0 aromatic heterocycles. The summed E-state index contributed by atoms with van der Waals surface area (Å²) in [5.41, 5.74) is 4.71. The molecule has 21 heavy (non-hydrogen) atoms. The monoisotopic (exact) mass is 283 g/mol. The Morgan fingerprint density at radius 2 is 1.86 bits per heavy atom. The normalized spacial score (nSPS) is 12.2. The average Bonchev–Trinajstić information content (AvgIpc) is 2.49. The average molecular weight is 283 g/mol. The summed E-state index contributed by atoms with van der Waals surface area (Å²) in [4.78, 5) is 0. The number of aryl methyl sites for hydroxylation is 2. The van der Waals surface area contributed by atoms with Gasteiger partial charge < -0.3 is 9.47 Å². The van der Waals surface area contributed by atoms with E-state index in [9.17, 15) is 0 Å². The number of rotatable bonds is 6. The van der Waals surface area contributed by atoms with Crippen LogP contribution >= 0.6 is 0 Å². The van der Waals surface area contributed by atoms with Gasteiger partial charge in [-0.2, -0.15) is 0 Å². The molecule has 0 amide bonds. The minimum Gasteiger partial charge on any atom is -0.489 e. The van der Waals surface area contributed by atoms with Crippen LogP contribution in [-0.2, 0) is 11.3 Å². The fraction of sp³-hybridized carbons (Fsp3) is 0.316. The predicted octanol–water partition coefficient (Wildman–Crippen LogP) is 4.45. The fourth-order valence-electron chi connectivity index (χ4n) is 2.37. The molecule has 1 radical (unpaired) electrons. The lowest BCUT2D eigenvalue weighted by atomic mass is 9.97. The maximum atomic E-state index is 6.00. The van der Waals surface area contributed by atoms with Crippen LogP contribution in [0.1, 0.15) is 28.2 Å². The van der Waals surface area contributed by atoms with E-state index in [2.05, 4.69) is 51.1 Å². The van der Waals surface area contributed by atoms with E-state index < -0.39 is 0 Å². The molecule has 0 saturated heterocycles. The summed E-state index contributed by atoms with van der Waals surface area (Å²) < 4.78 is 11.2. The van der Waals surface area contributed by atoms with Crippen molar-refractivity contribution in [2.75, 3.05) is 13.7 Å². The Labute approximate surface area is 127 Å². The Kier molecular flexibility index (Phi) is 5.40. The van der Waals surface area contributed by atoms with Crippen molar-refractivity contribution in [1.29, 1.82) is 0 Å². The Morgan fingerprint density at radius 1 is 1.10 bits per heavy atom. The molecule has 2 rings (SSSR count). The van der Waals surface area contributed by atoms with E-state index in [-0.39, 0.29) is 5.92 Å². The molecule has 1 atom stereocenters. The molecule has 0 N–H and O–H groups in total. The molecule has 111 valence electrons. The first kappa shape index (κ1) is 15.6. The molecule has 1 unspecified atom stereocenters. The van der Waals surface area contributed by atoms with Gasteiger partial charge in [-0.25, -0.2) is 0 Å². The minimum atomic E-state index is 0.119. The number of methoxy groups -OCH3 is 1. The molecule has 0 saturated carbocycles. The molecule has 0 aliphatic carbocycles. The van der Waals surface area contributed by atoms with Crippen molar-refractivity contribution in [2.24, 2.45) is 0 Å². The van der Waals surface area contributed by atoms with E-state index in [1.54, 1.807) is 7.11 Å². The smallest absolute Gasteiger partial charge is 0.122 e. The van der Waals surface area contributed by atoms with Crippen molar-refractivity contribution < 1.29 is 9.47 Å². The molecule has 2 nitrogen and oxygen atoms in total. The van der Waals surface area contributed by atoms with Crippen molar-refractivity contribution in [3.63, 3.8) is 0 Å². The number of benzene rings is 2. The lowest BCUT2D eigenvalue weighted by Gasteiger charge is -2.17. The topological polar surface area (TPSA) is 18.5 Å². The maximum Gasteiger partial charge on any atom is 0.122 e. The number of ether oxygens (including phenoxy) is 2. The van der Waals surface area contributed by atoms with Gasteiger partial charge in [0.15, 0.2) is 0 Å². The van der Waals surface area contributed by atoms with Gasteiger partial charge in [-0.15, -0.1) is 0 Å². The summed E-state index contributed by atoms with van der Waals surface area (Å²) in [7, 11) is 1.70. The molecule has 0 aliphatic heterocycles. The fourth-order valence-corrected chi connectivity index (χ4v) is 2.37. The van der Waals surface area contributed by atoms with Gasteiger partial charge in [0.05, 0.1) is 6.61 Å². The predicted molar refractivity (Wildman–Crippen MR) is 86.7 cm³/mol. The van der Waals surface area contributed by atoms with E-state index in [0.717, 1.165) is 16.9 Å². The summed E-state index contributed by atoms with van der Waals surface area (Å²) in [6.07, 6.45) is 0. The van der Waals surface area contributed by atoms with Gasteiger partial charge in [-0.1, -0.05) is 36.4 Å². The second-order valence-electron chi connectivity index (χ2n) is 5.41. The molecular formula is C19H23O2. The van der Waals surface area contributed by atoms with Crippen LogP contribution in [0.15, 0.2) is 42.5 Å². The molecular weight excluding hydrogens is 260 g/mol. The largest absolute Gasteiger partial charge is 0.489 e. The van der Waals surface area contributed by atoms with E-state index in [4.69, 9.17) is 9.47 Å². The zero-order valence-electron chi connectivity index (χ0n) is 13.1. The van der Waals surface area contributed by atoms with Crippen LogP contribution < -0.4 is 4.74 Å². The van der Waals surface area contributed by atoms with Crippen LogP contribution in [0, 0.1) is 20.8 Å². The summed E-state index contributed by atoms with van der Waals surface area (Å²) >= 11 is 0. The van der Waals surface area contributed by atoms with Crippen LogP contribution in [0.5, 0.6) is 5.75 Å². The Morgan fingerprint density at radius 3 is 2.62 bits per heavy atom. The highest BCUT2D eigenvalue weighted by Gasteiger charge is 2.11. The van der Waals surface area contributed by atoms with Gasteiger partial charge in [0, 0.05) is 13.0 Å². The third kappa shape index (κ3) is 4.08. The SMILES string of the molecule is [CH2]C(COC)c1ccccc1COc1cc(C)ccc1C. The number of hydrogen-bond acceptors (Lipinski definition) is 2. The highest BCUT2D eigenvalue weighted by atomic mass is 16.5. The molecule has 0 spiro atoms. The van der Waals surface area contributed by atoms with Crippen molar-refractivity contribution in [2.45, 2.75) is 26.4 Å². The van der Waals surface area contributed by atoms with E-state index in [1.165, 1.54) is 11.1 Å². The quantitative estimate of drug-likeness (QED) is 0.780. The van der Waals surface area contributed by atoms with Crippen LogP contribution in [0.3, 0.4) is 0 Å². The maximum absolute atomic E-state index is 6.00. The van der Waals surface area contributed by atoms with Gasteiger partial charge >= 0.3 is 0 Å². The third-order valence-electron chi connectivity index (χ3n) is 3.59. The van der Waals surface area contributed by atoms with Gasteiger partial charge in [-0.3, -0.25) is 0 Å². The van der Waals surface area contributed by atoms with Crippen LogP contribution in [0.2, 0.25) is 0 Å². The second-order valence-corrected chi connectivity index (χ2v) is 5.41. The van der Waals surface area contributed by atoms with Crippen molar-refractivity contribution >= 4 is 0 Å². The highest BCUT2D eigenvalue weighted by Crippen LogP contribution is 2.24. The standard InChI is InChI=1S/C19H23O2/c1-14-9-10-15(2)19(11-14)21-13-17-7-5-6-8-18(17)16(3)12-20-4/h5-11,16H,3,12-13H2,1-2,4H3. The summed E-state index contributed by atoms with van der Waals surface area (Å²) in [6.45, 7) is 9.47. The molecule has 2 heteroatoms. The molecule has 0 aliphatic rings. The number of hydrogen-bond donors (Lipinski definition) is 0. The lowest BCUT2D eigenvalue weighted by molar-refractivity contribution is 0.189. The van der Waals surface area contributed by atoms with E-state index in [1.807, 2.05) is 12.1 Å². The van der Waals surface area contributed by atoms with Crippen LogP contribution in [0.25, 0.3) is 0 Å². The van der Waals surface area contributed by atoms with Gasteiger partial charge in [0.1, 0.15) is 12.4 Å². The van der Waals surface area contributed by atoms with E-state index in [0.29, 0.717) is 13.2 Å². The van der Waals surface area contributed by atoms with Crippen LogP contribution in [-0.4, -0.2) is 13.7 Å². The first-order chi connectivity index (χ1) is 10.1. The van der Waals surface area contributed by atoms with Gasteiger partial charge in [0.25, 0.3) is 0 Å². The first-order valence-electron chi connectivity index (χ1n) is 7.21. The molecule has 2 aromatic rings. The molecule has 0 bridgehead atoms.